The van der Waals surface area contributed by atoms with Gasteiger partial charge in [0.1, 0.15) is 24.2 Å². The molecule has 1 aliphatic rings. The van der Waals surface area contributed by atoms with Crippen molar-refractivity contribution in [3.63, 3.8) is 0 Å². The lowest BCUT2D eigenvalue weighted by molar-refractivity contribution is -0.143. The summed E-state index contributed by atoms with van der Waals surface area (Å²) in [4.78, 5) is 11.4. The first-order valence-corrected chi connectivity index (χ1v) is 12.1. The van der Waals surface area contributed by atoms with E-state index >= 15 is 0 Å². The van der Waals surface area contributed by atoms with Crippen LogP contribution in [0, 0.1) is 16.7 Å². The molecule has 190 valence electrons. The second-order valence-electron chi connectivity index (χ2n) is 9.60. The highest BCUT2D eigenvalue weighted by atomic mass is 16.5. The zero-order valence-electron chi connectivity index (χ0n) is 21.0. The van der Waals surface area contributed by atoms with Crippen LogP contribution in [0.1, 0.15) is 38.3 Å². The van der Waals surface area contributed by atoms with Crippen molar-refractivity contribution in [2.24, 2.45) is 5.41 Å². The molecule has 0 amide bonds. The molecule has 36 heavy (non-hydrogen) atoms. The molecule has 0 aromatic heterocycles. The maximum absolute atomic E-state index is 11.4. The van der Waals surface area contributed by atoms with E-state index in [1.165, 1.54) is 11.6 Å². The molecule has 0 fully saturated rings. The molecule has 0 aliphatic heterocycles. The Hall–Kier alpha value is -3.60. The molecule has 0 radical (unpaired) electrons. The van der Waals surface area contributed by atoms with Gasteiger partial charge < -0.3 is 25.0 Å². The first-order chi connectivity index (χ1) is 17.2. The third-order valence-corrected chi connectivity index (χ3v) is 6.08. The molecule has 0 bridgehead atoms. The van der Waals surface area contributed by atoms with Crippen LogP contribution in [0.5, 0.6) is 11.5 Å². The number of carbonyl (C=O) groups is 1. The van der Waals surface area contributed by atoms with Crippen molar-refractivity contribution in [1.82, 2.24) is 5.32 Å². The van der Waals surface area contributed by atoms with E-state index in [-0.39, 0.29) is 18.6 Å². The summed E-state index contributed by atoms with van der Waals surface area (Å²) in [5.41, 5.74) is 1.12. The smallest absolute Gasteiger partial charge is 0.328 e. The minimum Gasteiger partial charge on any atom is -0.494 e. The Morgan fingerprint density at radius 3 is 2.56 bits per heavy atom. The molecule has 2 aromatic carbocycles. The Morgan fingerprint density at radius 2 is 1.94 bits per heavy atom. The first kappa shape index (κ1) is 27.0. The summed E-state index contributed by atoms with van der Waals surface area (Å²) in [6, 6.07) is 17.3. The number of carboxylic acids is 1. The summed E-state index contributed by atoms with van der Waals surface area (Å²) < 4.78 is 11.3. The lowest BCUT2D eigenvalue weighted by atomic mass is 9.80. The number of ether oxygens (including phenoxy) is 2. The standard InChI is InChI=1S/C29H34N2O5/c1-4-35-25-10-8-21(9-11-25)17-28(2,3)31-18-24(32)19-36-26-7-5-6-23(16-26)22-12-14-29(20-30,15-13-22)27(33)34/h5-14,16,24,31-32H,4,15,17-19H2,1-3H3,(H,33,34)/t24-,29?/m1/s1. The normalized spacial score (nSPS) is 18.1. The van der Waals surface area contributed by atoms with Crippen molar-refractivity contribution in [2.45, 2.75) is 45.3 Å². The van der Waals surface area contributed by atoms with Crippen LogP contribution in [-0.4, -0.2) is 47.6 Å². The Balaban J connectivity index is 1.50. The van der Waals surface area contributed by atoms with Crippen molar-refractivity contribution >= 4 is 11.5 Å². The molecule has 0 spiro atoms. The number of hydrogen-bond acceptors (Lipinski definition) is 6. The number of nitrogens with zero attached hydrogens (tertiary/aromatic N) is 1. The predicted octanol–water partition coefficient (Wildman–Crippen LogP) is 4.37. The fourth-order valence-electron chi connectivity index (χ4n) is 4.00. The minimum absolute atomic E-state index is 0.104. The lowest BCUT2D eigenvalue weighted by Gasteiger charge is -2.28. The van der Waals surface area contributed by atoms with Crippen LogP contribution in [0.2, 0.25) is 0 Å². The second-order valence-corrected chi connectivity index (χ2v) is 9.60. The molecule has 7 heteroatoms. The number of β-amino-alcohol motifs (C(OH)–C–C–N with tert-alkyl or cyclic N) is 1. The van der Waals surface area contributed by atoms with Gasteiger partial charge in [-0.1, -0.05) is 42.5 Å². The van der Waals surface area contributed by atoms with Crippen molar-refractivity contribution in [1.29, 1.82) is 5.26 Å². The molecule has 3 rings (SSSR count). The highest BCUT2D eigenvalue weighted by Gasteiger charge is 2.36. The number of nitrogens with one attached hydrogen (secondary N) is 1. The number of rotatable bonds is 12. The van der Waals surface area contributed by atoms with Gasteiger partial charge in [0.15, 0.2) is 5.41 Å². The van der Waals surface area contributed by atoms with E-state index in [2.05, 4.69) is 31.3 Å². The lowest BCUT2D eigenvalue weighted by Crippen LogP contribution is -2.46. The molecular weight excluding hydrogens is 456 g/mol. The highest BCUT2D eigenvalue weighted by Crippen LogP contribution is 2.33. The van der Waals surface area contributed by atoms with Gasteiger partial charge >= 0.3 is 5.97 Å². The number of aliphatic hydroxyl groups excluding tert-OH is 1. The van der Waals surface area contributed by atoms with Crippen LogP contribution in [0.4, 0.5) is 0 Å². The zero-order valence-corrected chi connectivity index (χ0v) is 21.0. The monoisotopic (exact) mass is 490 g/mol. The Labute approximate surface area is 212 Å². The Morgan fingerprint density at radius 1 is 1.19 bits per heavy atom. The average molecular weight is 491 g/mol. The van der Waals surface area contributed by atoms with Gasteiger partial charge in [-0.15, -0.1) is 0 Å². The van der Waals surface area contributed by atoms with Gasteiger partial charge in [-0.2, -0.15) is 5.26 Å². The molecule has 1 unspecified atom stereocenters. The van der Waals surface area contributed by atoms with Crippen molar-refractivity contribution in [3.8, 4) is 17.6 Å². The molecule has 1 aliphatic carbocycles. The quantitative estimate of drug-likeness (QED) is 0.405. The third-order valence-electron chi connectivity index (χ3n) is 6.08. The molecule has 3 N–H and O–H groups in total. The molecule has 0 saturated heterocycles. The molecule has 2 atom stereocenters. The zero-order chi connectivity index (χ0) is 26.2. The SMILES string of the molecule is CCOc1ccc(CC(C)(C)NC[C@@H](O)COc2cccc(C3=CCC(C#N)(C(=O)O)C=C3)c2)cc1. The van der Waals surface area contributed by atoms with E-state index in [9.17, 15) is 20.3 Å². The molecule has 7 nitrogen and oxygen atoms in total. The molecular formula is C29H34N2O5. The van der Waals surface area contributed by atoms with Crippen molar-refractivity contribution in [3.05, 3.63) is 77.9 Å². The van der Waals surface area contributed by atoms with Crippen LogP contribution in [0.3, 0.4) is 0 Å². The maximum Gasteiger partial charge on any atom is 0.328 e. The largest absolute Gasteiger partial charge is 0.494 e. The number of aliphatic hydroxyl groups is 1. The van der Waals surface area contributed by atoms with Crippen LogP contribution in [0.15, 0.2) is 66.8 Å². The summed E-state index contributed by atoms with van der Waals surface area (Å²) in [5.74, 6) is 0.304. The number of hydrogen-bond donors (Lipinski definition) is 3. The number of allylic oxidation sites excluding steroid dienone is 3. The van der Waals surface area contributed by atoms with E-state index in [1.54, 1.807) is 12.2 Å². The van der Waals surface area contributed by atoms with E-state index in [1.807, 2.05) is 49.4 Å². The summed E-state index contributed by atoms with van der Waals surface area (Å²) >= 11 is 0. The summed E-state index contributed by atoms with van der Waals surface area (Å²) in [6.45, 7) is 7.29. The highest BCUT2D eigenvalue weighted by molar-refractivity contribution is 5.85. The minimum atomic E-state index is -1.52. The Kier molecular flexibility index (Phi) is 8.92. The summed E-state index contributed by atoms with van der Waals surface area (Å²) in [7, 11) is 0. The van der Waals surface area contributed by atoms with E-state index in [4.69, 9.17) is 9.47 Å². The Bertz CT molecular complexity index is 1150. The fourth-order valence-corrected chi connectivity index (χ4v) is 4.00. The van der Waals surface area contributed by atoms with Crippen LogP contribution in [-0.2, 0) is 11.2 Å². The number of aliphatic carboxylic acids is 1. The van der Waals surface area contributed by atoms with Gasteiger partial charge in [-0.3, -0.25) is 4.79 Å². The van der Waals surface area contributed by atoms with Crippen LogP contribution in [0.25, 0.3) is 5.57 Å². The molecule has 0 heterocycles. The van der Waals surface area contributed by atoms with E-state index in [0.29, 0.717) is 18.9 Å². The van der Waals surface area contributed by atoms with Gasteiger partial charge in [-0.05, 0) is 74.6 Å². The van der Waals surface area contributed by atoms with Crippen molar-refractivity contribution in [2.75, 3.05) is 19.8 Å². The average Bonchev–Trinajstić information content (AvgIpc) is 2.87. The van der Waals surface area contributed by atoms with Crippen LogP contribution >= 0.6 is 0 Å². The van der Waals surface area contributed by atoms with Gasteiger partial charge in [0, 0.05) is 12.1 Å². The summed E-state index contributed by atoms with van der Waals surface area (Å²) in [5, 5.41) is 32.5. The van der Waals surface area contributed by atoms with Crippen molar-refractivity contribution < 1.29 is 24.5 Å². The number of nitriles is 1. The maximum atomic E-state index is 11.4. The van der Waals surface area contributed by atoms with Gasteiger partial charge in [0.05, 0.1) is 12.7 Å². The first-order valence-electron chi connectivity index (χ1n) is 12.1. The van der Waals surface area contributed by atoms with E-state index < -0.39 is 17.5 Å². The fraction of sp³-hybridized carbons (Fsp3) is 0.379. The van der Waals surface area contributed by atoms with E-state index in [0.717, 1.165) is 23.3 Å². The van der Waals surface area contributed by atoms with Gasteiger partial charge in [0.2, 0.25) is 0 Å². The second kappa shape index (κ2) is 11.9. The molecule has 2 aromatic rings. The van der Waals surface area contributed by atoms with Gasteiger partial charge in [-0.25, -0.2) is 0 Å². The number of carboxylic acid groups (broad SMARTS) is 1. The number of benzene rings is 2. The topological polar surface area (TPSA) is 112 Å². The summed E-state index contributed by atoms with van der Waals surface area (Å²) in [6.07, 6.45) is 5.04. The third kappa shape index (κ3) is 7.20. The van der Waals surface area contributed by atoms with Crippen LogP contribution < -0.4 is 14.8 Å². The molecule has 0 saturated carbocycles. The van der Waals surface area contributed by atoms with Gasteiger partial charge in [0.25, 0.3) is 0 Å². The predicted molar refractivity (Wildman–Crippen MR) is 139 cm³/mol.